The summed E-state index contributed by atoms with van der Waals surface area (Å²) in [6, 6.07) is -0.0582. The minimum absolute atomic E-state index is 0.0332. The maximum absolute atomic E-state index is 12.6. The minimum atomic E-state index is -0.843. The molecule has 2 amide bonds. The smallest absolute Gasteiger partial charge is 0.320 e. The van der Waals surface area contributed by atoms with Crippen LogP contribution >= 0.6 is 0 Å². The van der Waals surface area contributed by atoms with Crippen molar-refractivity contribution >= 4 is 12.0 Å². The predicted octanol–water partition coefficient (Wildman–Crippen LogP) is 1.24. The Kier molecular flexibility index (Phi) is 6.26. The van der Waals surface area contributed by atoms with Gasteiger partial charge in [-0.2, -0.15) is 0 Å². The zero-order valence-corrected chi connectivity index (χ0v) is 12.6. The lowest BCUT2D eigenvalue weighted by atomic mass is 9.99. The van der Waals surface area contributed by atoms with Crippen molar-refractivity contribution in [3.05, 3.63) is 0 Å². The minimum Gasteiger partial charge on any atom is -0.481 e. The number of hydrogen-bond acceptors (Lipinski definition) is 3. The van der Waals surface area contributed by atoms with E-state index in [1.54, 1.807) is 9.80 Å². The predicted molar refractivity (Wildman–Crippen MR) is 75.4 cm³/mol. The van der Waals surface area contributed by atoms with Crippen molar-refractivity contribution in [2.24, 2.45) is 11.8 Å². The van der Waals surface area contributed by atoms with Crippen LogP contribution in [0.3, 0.4) is 0 Å². The van der Waals surface area contributed by atoms with E-state index < -0.39 is 11.9 Å². The number of likely N-dealkylation sites (tertiary alicyclic amines) is 1. The van der Waals surface area contributed by atoms with Crippen molar-refractivity contribution in [3.8, 4) is 0 Å². The van der Waals surface area contributed by atoms with E-state index in [9.17, 15) is 9.59 Å². The van der Waals surface area contributed by atoms with Crippen LogP contribution in [0, 0.1) is 11.8 Å². The van der Waals surface area contributed by atoms with Crippen molar-refractivity contribution in [2.45, 2.75) is 39.7 Å². The lowest BCUT2D eigenvalue weighted by molar-refractivity contribution is -0.142. The third kappa shape index (κ3) is 3.62. The van der Waals surface area contributed by atoms with E-state index in [-0.39, 0.29) is 31.1 Å². The number of carboxylic acid groups (broad SMARTS) is 1. The lowest BCUT2D eigenvalue weighted by Crippen LogP contribution is -2.48. The van der Waals surface area contributed by atoms with Gasteiger partial charge in [0.1, 0.15) is 0 Å². The molecule has 1 fully saturated rings. The molecule has 0 radical (unpaired) electrons. The highest BCUT2D eigenvalue weighted by Crippen LogP contribution is 2.25. The van der Waals surface area contributed by atoms with Crippen LogP contribution in [0.1, 0.15) is 33.6 Å². The number of aliphatic hydroxyl groups excluding tert-OH is 1. The highest BCUT2D eigenvalue weighted by Gasteiger charge is 2.39. The second-order valence-electron chi connectivity index (χ2n) is 5.50. The van der Waals surface area contributed by atoms with Crippen molar-refractivity contribution in [2.75, 3.05) is 26.2 Å². The molecular weight excluding hydrogens is 260 g/mol. The number of urea groups is 1. The van der Waals surface area contributed by atoms with Gasteiger partial charge in [-0.1, -0.05) is 20.8 Å². The Morgan fingerprint density at radius 2 is 1.90 bits per heavy atom. The molecule has 1 aliphatic heterocycles. The van der Waals surface area contributed by atoms with Crippen LogP contribution in [0.5, 0.6) is 0 Å². The number of aliphatic carboxylic acids is 1. The SMILES string of the molecule is CCC(CC)N(CCO)C(=O)N1C[C@@H](C)[C@H](C(=O)O)C1. The zero-order valence-electron chi connectivity index (χ0n) is 12.6. The molecule has 0 aliphatic carbocycles. The van der Waals surface area contributed by atoms with Gasteiger partial charge in [0, 0.05) is 25.7 Å². The second kappa shape index (κ2) is 7.47. The Bertz CT molecular complexity index is 344. The molecule has 1 heterocycles. The van der Waals surface area contributed by atoms with E-state index in [0.717, 1.165) is 12.8 Å². The number of carbonyl (C=O) groups excluding carboxylic acids is 1. The van der Waals surface area contributed by atoms with Crippen molar-refractivity contribution < 1.29 is 19.8 Å². The van der Waals surface area contributed by atoms with Gasteiger partial charge in [0.25, 0.3) is 0 Å². The first-order valence-corrected chi connectivity index (χ1v) is 7.35. The third-order valence-corrected chi connectivity index (χ3v) is 4.17. The zero-order chi connectivity index (χ0) is 15.3. The van der Waals surface area contributed by atoms with E-state index in [1.807, 2.05) is 20.8 Å². The molecule has 116 valence electrons. The average molecular weight is 286 g/mol. The molecule has 2 atom stereocenters. The molecule has 0 bridgehead atoms. The molecule has 0 spiro atoms. The van der Waals surface area contributed by atoms with Gasteiger partial charge in [-0.05, 0) is 18.8 Å². The van der Waals surface area contributed by atoms with Gasteiger partial charge < -0.3 is 20.0 Å². The maximum Gasteiger partial charge on any atom is 0.320 e. The van der Waals surface area contributed by atoms with Gasteiger partial charge in [0.15, 0.2) is 0 Å². The van der Waals surface area contributed by atoms with Crippen LogP contribution in [0.15, 0.2) is 0 Å². The van der Waals surface area contributed by atoms with E-state index >= 15 is 0 Å². The number of hydrogen-bond donors (Lipinski definition) is 2. The molecule has 0 aromatic rings. The van der Waals surface area contributed by atoms with Gasteiger partial charge >= 0.3 is 12.0 Å². The first kappa shape index (κ1) is 16.8. The number of aliphatic hydroxyl groups is 1. The number of rotatable bonds is 6. The average Bonchev–Trinajstić information content (AvgIpc) is 2.80. The van der Waals surface area contributed by atoms with Crippen molar-refractivity contribution in [3.63, 3.8) is 0 Å². The highest BCUT2D eigenvalue weighted by molar-refractivity contribution is 5.78. The summed E-state index contributed by atoms with van der Waals surface area (Å²) in [6.07, 6.45) is 1.65. The highest BCUT2D eigenvalue weighted by atomic mass is 16.4. The molecule has 0 aromatic heterocycles. The van der Waals surface area contributed by atoms with Gasteiger partial charge in [-0.25, -0.2) is 4.79 Å². The molecule has 2 N–H and O–H groups in total. The Morgan fingerprint density at radius 1 is 1.30 bits per heavy atom. The summed E-state index contributed by atoms with van der Waals surface area (Å²) in [4.78, 5) is 27.0. The topological polar surface area (TPSA) is 81.1 Å². The number of nitrogens with zero attached hydrogens (tertiary/aromatic N) is 2. The van der Waals surface area contributed by atoms with Crippen LogP contribution in [0.4, 0.5) is 4.79 Å². The van der Waals surface area contributed by atoms with E-state index in [0.29, 0.717) is 13.1 Å². The molecule has 6 nitrogen and oxygen atoms in total. The molecule has 0 aromatic carbocycles. The lowest BCUT2D eigenvalue weighted by Gasteiger charge is -2.33. The summed E-state index contributed by atoms with van der Waals surface area (Å²) < 4.78 is 0. The number of amides is 2. The monoisotopic (exact) mass is 286 g/mol. The van der Waals surface area contributed by atoms with E-state index in [4.69, 9.17) is 10.2 Å². The van der Waals surface area contributed by atoms with Crippen LogP contribution in [-0.4, -0.2) is 64.3 Å². The van der Waals surface area contributed by atoms with E-state index in [2.05, 4.69) is 0 Å². The quantitative estimate of drug-likeness (QED) is 0.770. The van der Waals surface area contributed by atoms with E-state index in [1.165, 1.54) is 0 Å². The Morgan fingerprint density at radius 3 is 2.30 bits per heavy atom. The fourth-order valence-electron chi connectivity index (χ4n) is 2.90. The Hall–Kier alpha value is -1.30. The summed E-state index contributed by atoms with van der Waals surface area (Å²) in [5, 5.41) is 18.3. The molecule has 20 heavy (non-hydrogen) atoms. The first-order valence-electron chi connectivity index (χ1n) is 7.35. The largest absolute Gasteiger partial charge is 0.481 e. The standard InChI is InChI=1S/C14H26N2O4/c1-4-11(5-2)16(6-7-17)14(20)15-8-10(3)12(9-15)13(18)19/h10-12,17H,4-9H2,1-3H3,(H,18,19)/t10-,12-/m1/s1. The first-order chi connectivity index (χ1) is 9.46. The molecule has 1 aliphatic rings. The van der Waals surface area contributed by atoms with Gasteiger partial charge in [-0.15, -0.1) is 0 Å². The van der Waals surface area contributed by atoms with Gasteiger partial charge in [0.2, 0.25) is 0 Å². The fourth-order valence-corrected chi connectivity index (χ4v) is 2.90. The third-order valence-electron chi connectivity index (χ3n) is 4.17. The van der Waals surface area contributed by atoms with Gasteiger partial charge in [0.05, 0.1) is 12.5 Å². The van der Waals surface area contributed by atoms with Crippen LogP contribution < -0.4 is 0 Å². The fraction of sp³-hybridized carbons (Fsp3) is 0.857. The Balaban J connectivity index is 2.78. The summed E-state index contributed by atoms with van der Waals surface area (Å²) in [7, 11) is 0. The maximum atomic E-state index is 12.6. The number of carboxylic acids is 1. The Labute approximate surface area is 120 Å². The van der Waals surface area contributed by atoms with Gasteiger partial charge in [-0.3, -0.25) is 4.79 Å². The van der Waals surface area contributed by atoms with Crippen LogP contribution in [-0.2, 0) is 4.79 Å². The van der Waals surface area contributed by atoms with Crippen LogP contribution in [0.25, 0.3) is 0 Å². The molecule has 6 heteroatoms. The molecular formula is C14H26N2O4. The van der Waals surface area contributed by atoms with Crippen LogP contribution in [0.2, 0.25) is 0 Å². The summed E-state index contributed by atoms with van der Waals surface area (Å²) >= 11 is 0. The van der Waals surface area contributed by atoms with Crippen molar-refractivity contribution in [1.29, 1.82) is 0 Å². The molecule has 0 saturated carbocycles. The number of carbonyl (C=O) groups is 2. The summed E-state index contributed by atoms with van der Waals surface area (Å²) in [5.74, 6) is -1.37. The summed E-state index contributed by atoms with van der Waals surface area (Å²) in [6.45, 7) is 6.84. The molecule has 1 rings (SSSR count). The van der Waals surface area contributed by atoms with Crippen molar-refractivity contribution in [1.82, 2.24) is 9.80 Å². The second-order valence-corrected chi connectivity index (χ2v) is 5.50. The normalized spacial score (nSPS) is 22.4. The molecule has 0 unspecified atom stereocenters. The summed E-state index contributed by atoms with van der Waals surface area (Å²) in [5.41, 5.74) is 0. The molecule has 1 saturated heterocycles.